The highest BCUT2D eigenvalue weighted by Gasteiger charge is 2.33. The zero-order valence-electron chi connectivity index (χ0n) is 8.67. The van der Waals surface area contributed by atoms with Crippen LogP contribution in [0.4, 0.5) is 13.2 Å². The van der Waals surface area contributed by atoms with Gasteiger partial charge in [0.2, 0.25) is 0 Å². The maximum absolute atomic E-state index is 12.5. The zero-order chi connectivity index (χ0) is 13.2. The SMILES string of the molecule is COc1cc(C(F)(F)F)cc(C=O)c1C(N)=O. The molecule has 0 atom stereocenters. The number of nitrogens with two attached hydrogens (primary N) is 1. The lowest BCUT2D eigenvalue weighted by molar-refractivity contribution is -0.137. The Morgan fingerprint density at radius 1 is 1.41 bits per heavy atom. The van der Waals surface area contributed by atoms with Crippen molar-refractivity contribution in [2.24, 2.45) is 5.73 Å². The van der Waals surface area contributed by atoms with Crippen LogP contribution in [0, 0.1) is 0 Å². The van der Waals surface area contributed by atoms with E-state index in [0.717, 1.165) is 7.11 Å². The second kappa shape index (κ2) is 4.44. The topological polar surface area (TPSA) is 69.4 Å². The van der Waals surface area contributed by atoms with Crippen molar-refractivity contribution < 1.29 is 27.5 Å². The van der Waals surface area contributed by atoms with Gasteiger partial charge in [0.25, 0.3) is 5.91 Å². The first-order valence-corrected chi connectivity index (χ1v) is 4.35. The molecule has 2 N–H and O–H groups in total. The van der Waals surface area contributed by atoms with E-state index in [4.69, 9.17) is 5.73 Å². The molecule has 0 fully saturated rings. The minimum absolute atomic E-state index is 0.123. The molecule has 0 saturated carbocycles. The Balaban J connectivity index is 3.56. The summed E-state index contributed by atoms with van der Waals surface area (Å²) in [7, 11) is 1.08. The van der Waals surface area contributed by atoms with E-state index in [1.807, 2.05) is 0 Å². The third-order valence-corrected chi connectivity index (χ3v) is 2.05. The Morgan fingerprint density at radius 3 is 2.35 bits per heavy atom. The lowest BCUT2D eigenvalue weighted by atomic mass is 10.0. The van der Waals surface area contributed by atoms with Crippen LogP contribution >= 0.6 is 0 Å². The molecular weight excluding hydrogens is 239 g/mol. The van der Waals surface area contributed by atoms with E-state index >= 15 is 0 Å². The second-order valence-corrected chi connectivity index (χ2v) is 3.12. The summed E-state index contributed by atoms with van der Waals surface area (Å²) in [5.74, 6) is -1.41. The average molecular weight is 247 g/mol. The van der Waals surface area contributed by atoms with E-state index < -0.39 is 23.2 Å². The van der Waals surface area contributed by atoms with Crippen molar-refractivity contribution in [3.63, 3.8) is 0 Å². The quantitative estimate of drug-likeness (QED) is 0.825. The minimum atomic E-state index is -4.64. The summed E-state index contributed by atoms with van der Waals surface area (Å²) in [6, 6.07) is 1.17. The van der Waals surface area contributed by atoms with Crippen LogP contribution in [0.3, 0.4) is 0 Å². The number of methoxy groups -OCH3 is 1. The molecule has 92 valence electrons. The zero-order valence-corrected chi connectivity index (χ0v) is 8.67. The summed E-state index contributed by atoms with van der Waals surface area (Å²) in [6.45, 7) is 0. The van der Waals surface area contributed by atoms with E-state index in [2.05, 4.69) is 4.74 Å². The normalized spacial score (nSPS) is 11.1. The number of hydrogen-bond acceptors (Lipinski definition) is 3. The number of aldehydes is 1. The lowest BCUT2D eigenvalue weighted by Crippen LogP contribution is -2.17. The van der Waals surface area contributed by atoms with Gasteiger partial charge in [0, 0.05) is 5.56 Å². The molecule has 1 aromatic rings. The van der Waals surface area contributed by atoms with E-state index in [1.54, 1.807) is 0 Å². The van der Waals surface area contributed by atoms with Gasteiger partial charge in [-0.1, -0.05) is 0 Å². The first-order valence-electron chi connectivity index (χ1n) is 4.35. The molecule has 0 aliphatic rings. The molecule has 0 aliphatic heterocycles. The Labute approximate surface area is 94.2 Å². The number of primary amides is 1. The minimum Gasteiger partial charge on any atom is -0.496 e. The molecule has 0 aromatic heterocycles. The molecule has 1 rings (SSSR count). The van der Waals surface area contributed by atoms with E-state index in [-0.39, 0.29) is 17.6 Å². The molecule has 0 bridgehead atoms. The molecule has 0 spiro atoms. The fourth-order valence-electron chi connectivity index (χ4n) is 1.32. The third kappa shape index (κ3) is 2.55. The van der Waals surface area contributed by atoms with E-state index in [9.17, 15) is 22.8 Å². The van der Waals surface area contributed by atoms with Gasteiger partial charge < -0.3 is 10.5 Å². The van der Waals surface area contributed by atoms with E-state index in [0.29, 0.717) is 12.1 Å². The van der Waals surface area contributed by atoms with Crippen LogP contribution in [0.5, 0.6) is 5.75 Å². The van der Waals surface area contributed by atoms with Gasteiger partial charge in [-0.15, -0.1) is 0 Å². The molecule has 0 unspecified atom stereocenters. The van der Waals surface area contributed by atoms with Gasteiger partial charge in [-0.3, -0.25) is 9.59 Å². The number of halogens is 3. The average Bonchev–Trinajstić information content (AvgIpc) is 2.25. The molecule has 0 aliphatic carbocycles. The molecule has 0 saturated heterocycles. The first kappa shape index (κ1) is 13.0. The lowest BCUT2D eigenvalue weighted by Gasteiger charge is -2.13. The Bertz CT molecular complexity index is 469. The fraction of sp³-hybridized carbons (Fsp3) is 0.200. The second-order valence-electron chi connectivity index (χ2n) is 3.12. The summed E-state index contributed by atoms with van der Waals surface area (Å²) in [4.78, 5) is 21.7. The van der Waals surface area contributed by atoms with Crippen molar-refractivity contribution in [2.45, 2.75) is 6.18 Å². The Morgan fingerprint density at radius 2 is 2.00 bits per heavy atom. The first-order chi connectivity index (χ1) is 7.81. The summed E-state index contributed by atoms with van der Waals surface area (Å²) in [5.41, 5.74) is 3.06. The van der Waals surface area contributed by atoms with E-state index in [1.165, 1.54) is 0 Å². The fourth-order valence-corrected chi connectivity index (χ4v) is 1.32. The van der Waals surface area contributed by atoms with Gasteiger partial charge in [-0.25, -0.2) is 0 Å². The monoisotopic (exact) mass is 247 g/mol. The number of ether oxygens (including phenoxy) is 1. The highest BCUT2D eigenvalue weighted by atomic mass is 19.4. The smallest absolute Gasteiger partial charge is 0.416 e. The van der Waals surface area contributed by atoms with Crippen LogP contribution in [-0.4, -0.2) is 19.3 Å². The molecule has 1 amide bonds. The maximum Gasteiger partial charge on any atom is 0.416 e. The number of benzene rings is 1. The Kier molecular flexibility index (Phi) is 3.40. The predicted molar refractivity (Wildman–Crippen MR) is 51.9 cm³/mol. The summed E-state index contributed by atoms with van der Waals surface area (Å²) in [5, 5.41) is 0. The van der Waals surface area contributed by atoms with Crippen LogP contribution in [-0.2, 0) is 6.18 Å². The molecule has 4 nitrogen and oxygen atoms in total. The van der Waals surface area contributed by atoms with Gasteiger partial charge in [0.1, 0.15) is 5.75 Å². The van der Waals surface area contributed by atoms with Crippen molar-refractivity contribution in [1.82, 2.24) is 0 Å². The van der Waals surface area contributed by atoms with Crippen molar-refractivity contribution in [1.29, 1.82) is 0 Å². The van der Waals surface area contributed by atoms with Gasteiger partial charge in [0.15, 0.2) is 6.29 Å². The van der Waals surface area contributed by atoms with Crippen LogP contribution in [0.25, 0.3) is 0 Å². The van der Waals surface area contributed by atoms with Gasteiger partial charge in [-0.2, -0.15) is 13.2 Å². The molecule has 1 aromatic carbocycles. The van der Waals surface area contributed by atoms with Crippen molar-refractivity contribution >= 4 is 12.2 Å². The molecule has 17 heavy (non-hydrogen) atoms. The summed E-state index contributed by atoms with van der Waals surface area (Å²) in [6.07, 6.45) is -4.51. The van der Waals surface area contributed by atoms with Crippen LogP contribution in [0.2, 0.25) is 0 Å². The number of carbonyl (C=O) groups is 2. The number of alkyl halides is 3. The molecule has 0 heterocycles. The number of amides is 1. The largest absolute Gasteiger partial charge is 0.496 e. The standard InChI is InChI=1S/C10H8F3NO3/c1-17-7-3-6(10(11,12)13)2-5(4-15)8(7)9(14)16/h2-4H,1H3,(H2,14,16). The number of hydrogen-bond donors (Lipinski definition) is 1. The third-order valence-electron chi connectivity index (χ3n) is 2.05. The molecular formula is C10H8F3NO3. The number of carbonyl (C=O) groups excluding carboxylic acids is 2. The molecule has 7 heteroatoms. The number of rotatable bonds is 3. The van der Waals surface area contributed by atoms with Crippen molar-refractivity contribution in [3.05, 3.63) is 28.8 Å². The predicted octanol–water partition coefficient (Wildman–Crippen LogP) is 1.63. The summed E-state index contributed by atoms with van der Waals surface area (Å²) >= 11 is 0. The van der Waals surface area contributed by atoms with Crippen molar-refractivity contribution in [2.75, 3.05) is 7.11 Å². The van der Waals surface area contributed by atoms with Gasteiger partial charge >= 0.3 is 6.18 Å². The van der Waals surface area contributed by atoms with Crippen molar-refractivity contribution in [3.8, 4) is 5.75 Å². The Hall–Kier alpha value is -2.05. The molecule has 0 radical (unpaired) electrons. The highest BCUT2D eigenvalue weighted by Crippen LogP contribution is 2.34. The van der Waals surface area contributed by atoms with Crippen LogP contribution in [0.15, 0.2) is 12.1 Å². The van der Waals surface area contributed by atoms with Crippen LogP contribution < -0.4 is 10.5 Å². The van der Waals surface area contributed by atoms with Crippen LogP contribution in [0.1, 0.15) is 26.3 Å². The van der Waals surface area contributed by atoms with Gasteiger partial charge in [-0.05, 0) is 12.1 Å². The highest BCUT2D eigenvalue weighted by molar-refractivity contribution is 6.03. The van der Waals surface area contributed by atoms with Gasteiger partial charge in [0.05, 0.1) is 18.2 Å². The maximum atomic E-state index is 12.5. The summed E-state index contributed by atoms with van der Waals surface area (Å²) < 4.78 is 42.0.